The monoisotopic (exact) mass is 371 g/mol. The van der Waals surface area contributed by atoms with Crippen LogP contribution in [0.15, 0.2) is 17.0 Å². The summed E-state index contributed by atoms with van der Waals surface area (Å²) in [6, 6.07) is 6.16. The van der Waals surface area contributed by atoms with E-state index in [2.05, 4.69) is 31.7 Å². The number of fused-ring (bicyclic) bond motifs is 1. The molecule has 0 aliphatic rings. The molecule has 1 atom stereocenters. The van der Waals surface area contributed by atoms with Gasteiger partial charge in [0.05, 0.1) is 9.70 Å². The summed E-state index contributed by atoms with van der Waals surface area (Å²) in [6.45, 7) is 8.86. The third kappa shape index (κ3) is 4.84. The van der Waals surface area contributed by atoms with E-state index in [0.29, 0.717) is 0 Å². The zero-order valence-corrected chi connectivity index (χ0v) is 16.8. The molecule has 25 heavy (non-hydrogen) atoms. The van der Waals surface area contributed by atoms with Crippen LogP contribution < -0.4 is 4.90 Å². The van der Waals surface area contributed by atoms with Gasteiger partial charge in [-0.2, -0.15) is 10.5 Å². The van der Waals surface area contributed by atoms with E-state index in [1.165, 1.54) is 40.1 Å². The molecule has 1 unspecified atom stereocenters. The predicted octanol–water partition coefficient (Wildman–Crippen LogP) is 6.44. The van der Waals surface area contributed by atoms with Gasteiger partial charge in [-0.1, -0.05) is 33.1 Å². The first-order valence-electron chi connectivity index (χ1n) is 8.94. The molecule has 2 aromatic rings. The highest BCUT2D eigenvalue weighted by Gasteiger charge is 2.16. The van der Waals surface area contributed by atoms with Gasteiger partial charge in [0.25, 0.3) is 0 Å². The number of nitriles is 2. The molecule has 0 fully saturated rings. The Bertz CT molecular complexity index is 785. The lowest BCUT2D eigenvalue weighted by molar-refractivity contribution is 0.449. The lowest BCUT2D eigenvalue weighted by Crippen LogP contribution is -2.28. The molecule has 0 aliphatic heterocycles. The van der Waals surface area contributed by atoms with Crippen molar-refractivity contribution >= 4 is 43.2 Å². The molecule has 0 N–H and O–H groups in total. The van der Waals surface area contributed by atoms with E-state index in [4.69, 9.17) is 10.5 Å². The van der Waals surface area contributed by atoms with Gasteiger partial charge in [0.15, 0.2) is 0 Å². The normalized spacial score (nSPS) is 11.7. The molecule has 0 amide bonds. The number of hydrogen-bond acceptors (Lipinski definition) is 5. The summed E-state index contributed by atoms with van der Waals surface area (Å²) < 4.78 is 2.42. The minimum Gasteiger partial charge on any atom is -0.363 e. The van der Waals surface area contributed by atoms with Crippen molar-refractivity contribution in [1.29, 1.82) is 10.5 Å². The minimum atomic E-state index is 0.160. The van der Waals surface area contributed by atoms with E-state index in [-0.39, 0.29) is 5.57 Å². The Balaban J connectivity index is 2.25. The van der Waals surface area contributed by atoms with Crippen molar-refractivity contribution in [2.24, 2.45) is 5.92 Å². The van der Waals surface area contributed by atoms with E-state index in [0.717, 1.165) is 24.6 Å². The zero-order chi connectivity index (χ0) is 18.2. The van der Waals surface area contributed by atoms with Gasteiger partial charge in [-0.15, -0.1) is 22.7 Å². The Morgan fingerprint density at radius 1 is 1.28 bits per heavy atom. The van der Waals surface area contributed by atoms with Crippen LogP contribution in [0.25, 0.3) is 15.5 Å². The average molecular weight is 372 g/mol. The average Bonchev–Trinajstić information content (AvgIpc) is 3.21. The molecule has 132 valence electrons. The first-order chi connectivity index (χ1) is 12.2. The number of allylic oxidation sites excluding steroid dienone is 1. The van der Waals surface area contributed by atoms with Crippen LogP contribution in [-0.2, 0) is 0 Å². The summed E-state index contributed by atoms with van der Waals surface area (Å²) in [5.41, 5.74) is 1.15. The Hall–Kier alpha value is -1.82. The number of unbranched alkanes of at least 4 members (excludes halogenated alkanes) is 1. The first-order valence-corrected chi connectivity index (χ1v) is 10.6. The van der Waals surface area contributed by atoms with Crippen molar-refractivity contribution in [1.82, 2.24) is 0 Å². The van der Waals surface area contributed by atoms with Crippen LogP contribution in [0.5, 0.6) is 0 Å². The van der Waals surface area contributed by atoms with Crippen molar-refractivity contribution in [3.05, 3.63) is 22.6 Å². The van der Waals surface area contributed by atoms with E-state index in [1.54, 1.807) is 28.7 Å². The third-order valence-corrected chi connectivity index (χ3v) is 6.84. The lowest BCUT2D eigenvalue weighted by Gasteiger charge is -2.26. The quantitative estimate of drug-likeness (QED) is 0.477. The standard InChI is InChI=1S/C20H25N3S2/c1-4-7-8-15(5-2)13-23(6-3)19-10-18-20(25-19)17(14-24-18)9-16(11-21)12-22/h9-10,14-15H,4-8,13H2,1-3H3. The highest BCUT2D eigenvalue weighted by molar-refractivity contribution is 7.29. The number of thiophene rings is 2. The molecule has 5 heteroatoms. The molecule has 0 spiro atoms. The van der Waals surface area contributed by atoms with Gasteiger partial charge < -0.3 is 4.90 Å². The second kappa shape index (κ2) is 9.61. The maximum absolute atomic E-state index is 8.98. The Morgan fingerprint density at radius 3 is 2.64 bits per heavy atom. The SMILES string of the molecule is CCCCC(CC)CN(CC)c1cc2scc(C=C(C#N)C#N)c2s1. The molecule has 2 aromatic heterocycles. The van der Waals surface area contributed by atoms with Gasteiger partial charge in [-0.05, 0) is 31.4 Å². The molecule has 3 nitrogen and oxygen atoms in total. The molecule has 2 rings (SSSR count). The fourth-order valence-corrected chi connectivity index (χ4v) is 5.31. The Kier molecular flexibility index (Phi) is 7.50. The smallest absolute Gasteiger partial charge is 0.130 e. The topological polar surface area (TPSA) is 50.8 Å². The molecular weight excluding hydrogens is 346 g/mol. The maximum atomic E-state index is 8.98. The third-order valence-electron chi connectivity index (χ3n) is 4.52. The van der Waals surface area contributed by atoms with Crippen molar-refractivity contribution in [3.63, 3.8) is 0 Å². The van der Waals surface area contributed by atoms with Crippen LogP contribution in [0, 0.1) is 28.6 Å². The van der Waals surface area contributed by atoms with Gasteiger partial charge in [-0.25, -0.2) is 0 Å². The van der Waals surface area contributed by atoms with E-state index < -0.39 is 0 Å². The highest BCUT2D eigenvalue weighted by Crippen LogP contribution is 2.40. The molecule has 0 saturated heterocycles. The fraction of sp³-hybridized carbons (Fsp3) is 0.500. The summed E-state index contributed by atoms with van der Waals surface area (Å²) in [7, 11) is 0. The lowest BCUT2D eigenvalue weighted by atomic mass is 9.99. The van der Waals surface area contributed by atoms with Crippen molar-refractivity contribution in [2.75, 3.05) is 18.0 Å². The Labute approximate surface area is 158 Å². The summed E-state index contributed by atoms with van der Waals surface area (Å²) >= 11 is 3.46. The molecule has 0 bridgehead atoms. The number of hydrogen-bond donors (Lipinski definition) is 0. The summed E-state index contributed by atoms with van der Waals surface area (Å²) in [5, 5.41) is 21.3. The van der Waals surface area contributed by atoms with Gasteiger partial charge in [0.1, 0.15) is 17.7 Å². The second-order valence-corrected chi connectivity index (χ2v) is 8.15. The largest absolute Gasteiger partial charge is 0.363 e. The van der Waals surface area contributed by atoms with Crippen LogP contribution in [0.2, 0.25) is 0 Å². The summed E-state index contributed by atoms with van der Waals surface area (Å²) in [4.78, 5) is 2.48. The fourth-order valence-electron chi connectivity index (χ4n) is 2.94. The van der Waals surface area contributed by atoms with Gasteiger partial charge in [0, 0.05) is 28.7 Å². The van der Waals surface area contributed by atoms with Crippen molar-refractivity contribution in [2.45, 2.75) is 46.5 Å². The molecular formula is C20H25N3S2. The van der Waals surface area contributed by atoms with Crippen LogP contribution >= 0.6 is 22.7 Å². The van der Waals surface area contributed by atoms with Crippen LogP contribution in [0.1, 0.15) is 52.0 Å². The summed E-state index contributed by atoms with van der Waals surface area (Å²) in [5.74, 6) is 0.739. The molecule has 0 saturated carbocycles. The summed E-state index contributed by atoms with van der Waals surface area (Å²) in [6.07, 6.45) is 6.77. The van der Waals surface area contributed by atoms with Crippen molar-refractivity contribution < 1.29 is 0 Å². The van der Waals surface area contributed by atoms with Gasteiger partial charge in [-0.3, -0.25) is 0 Å². The first kappa shape index (κ1) is 19.5. The van der Waals surface area contributed by atoms with Gasteiger partial charge >= 0.3 is 0 Å². The highest BCUT2D eigenvalue weighted by atomic mass is 32.1. The van der Waals surface area contributed by atoms with Crippen LogP contribution in [-0.4, -0.2) is 13.1 Å². The van der Waals surface area contributed by atoms with E-state index in [1.807, 2.05) is 17.5 Å². The molecule has 0 aromatic carbocycles. The number of nitrogens with zero attached hydrogens (tertiary/aromatic N) is 3. The Morgan fingerprint density at radius 2 is 2.04 bits per heavy atom. The van der Waals surface area contributed by atoms with Crippen LogP contribution in [0.3, 0.4) is 0 Å². The van der Waals surface area contributed by atoms with Crippen molar-refractivity contribution in [3.8, 4) is 12.1 Å². The minimum absolute atomic E-state index is 0.160. The second-order valence-electron chi connectivity index (χ2n) is 6.21. The molecule has 2 heterocycles. The number of anilines is 1. The maximum Gasteiger partial charge on any atom is 0.130 e. The van der Waals surface area contributed by atoms with Crippen LogP contribution in [0.4, 0.5) is 5.00 Å². The predicted molar refractivity (Wildman–Crippen MR) is 110 cm³/mol. The molecule has 0 radical (unpaired) electrons. The van der Waals surface area contributed by atoms with E-state index in [9.17, 15) is 0 Å². The molecule has 0 aliphatic carbocycles. The van der Waals surface area contributed by atoms with Gasteiger partial charge in [0.2, 0.25) is 0 Å². The zero-order valence-electron chi connectivity index (χ0n) is 15.2. The van der Waals surface area contributed by atoms with E-state index >= 15 is 0 Å². The number of rotatable bonds is 9.